The van der Waals surface area contributed by atoms with E-state index in [1.54, 1.807) is 6.92 Å². The zero-order chi connectivity index (χ0) is 12.8. The molecule has 0 aliphatic rings. The average Bonchev–Trinajstić information content (AvgIpc) is 2.30. The quantitative estimate of drug-likeness (QED) is 0.792. The maximum absolute atomic E-state index is 11.1. The van der Waals surface area contributed by atoms with Gasteiger partial charge in [0.2, 0.25) is 0 Å². The largest absolute Gasteiger partial charge is 0.480 e. The highest BCUT2D eigenvalue weighted by atomic mass is 35.5. The van der Waals surface area contributed by atoms with E-state index in [1.807, 2.05) is 6.07 Å². The number of ether oxygens (including phenoxy) is 2. The molecule has 0 saturated heterocycles. The SMILES string of the molecule is CCOC(=O)COc1cc(Cl)c(Cl)cc1C#N. The van der Waals surface area contributed by atoms with E-state index in [-0.39, 0.29) is 34.6 Å². The Bertz CT molecular complexity index is 469. The number of carbonyl (C=O) groups is 1. The zero-order valence-corrected chi connectivity index (χ0v) is 10.5. The van der Waals surface area contributed by atoms with Crippen LogP contribution in [-0.4, -0.2) is 19.2 Å². The second kappa shape index (κ2) is 6.33. The van der Waals surface area contributed by atoms with Crippen LogP contribution in [0.4, 0.5) is 0 Å². The molecule has 1 aromatic carbocycles. The van der Waals surface area contributed by atoms with Crippen LogP contribution in [0.3, 0.4) is 0 Å². The first-order valence-corrected chi connectivity index (χ1v) is 5.51. The zero-order valence-electron chi connectivity index (χ0n) is 9.00. The molecular formula is C11H9Cl2NO3. The van der Waals surface area contributed by atoms with E-state index in [4.69, 9.17) is 33.2 Å². The predicted octanol–water partition coefficient (Wildman–Crippen LogP) is 2.81. The van der Waals surface area contributed by atoms with Gasteiger partial charge in [0, 0.05) is 6.07 Å². The molecule has 0 fully saturated rings. The molecule has 1 rings (SSSR count). The fraction of sp³-hybridized carbons (Fsp3) is 0.273. The monoisotopic (exact) mass is 273 g/mol. The minimum Gasteiger partial charge on any atom is -0.480 e. The van der Waals surface area contributed by atoms with Crippen molar-refractivity contribution >= 4 is 29.2 Å². The third-order valence-corrected chi connectivity index (χ3v) is 2.52. The Morgan fingerprint density at radius 1 is 1.41 bits per heavy atom. The van der Waals surface area contributed by atoms with E-state index in [0.717, 1.165) is 0 Å². The fourth-order valence-electron chi connectivity index (χ4n) is 1.07. The van der Waals surface area contributed by atoms with Crippen molar-refractivity contribution in [3.63, 3.8) is 0 Å². The molecule has 17 heavy (non-hydrogen) atoms. The summed E-state index contributed by atoms with van der Waals surface area (Å²) in [6.45, 7) is 1.69. The van der Waals surface area contributed by atoms with Crippen molar-refractivity contribution < 1.29 is 14.3 Å². The first-order chi connectivity index (χ1) is 8.08. The molecule has 0 bridgehead atoms. The van der Waals surface area contributed by atoms with Gasteiger partial charge in [-0.25, -0.2) is 4.79 Å². The highest BCUT2D eigenvalue weighted by molar-refractivity contribution is 6.42. The van der Waals surface area contributed by atoms with Crippen LogP contribution in [0.1, 0.15) is 12.5 Å². The van der Waals surface area contributed by atoms with E-state index < -0.39 is 5.97 Å². The Kier molecular flexibility index (Phi) is 5.08. The van der Waals surface area contributed by atoms with Crippen molar-refractivity contribution in [1.82, 2.24) is 0 Å². The second-order valence-corrected chi connectivity index (χ2v) is 3.78. The molecule has 0 N–H and O–H groups in total. The average molecular weight is 274 g/mol. The van der Waals surface area contributed by atoms with Crippen LogP contribution >= 0.6 is 23.2 Å². The smallest absolute Gasteiger partial charge is 0.344 e. The Balaban J connectivity index is 2.81. The minimum atomic E-state index is -0.512. The normalized spacial score (nSPS) is 9.53. The number of hydrogen-bond donors (Lipinski definition) is 0. The molecule has 0 atom stereocenters. The molecule has 4 nitrogen and oxygen atoms in total. The maximum atomic E-state index is 11.1. The van der Waals surface area contributed by atoms with Gasteiger partial charge in [0.1, 0.15) is 11.8 Å². The molecular weight excluding hydrogens is 265 g/mol. The van der Waals surface area contributed by atoms with Gasteiger partial charge in [-0.3, -0.25) is 0 Å². The molecule has 1 aromatic rings. The van der Waals surface area contributed by atoms with Crippen molar-refractivity contribution in [2.24, 2.45) is 0 Å². The van der Waals surface area contributed by atoms with E-state index in [1.165, 1.54) is 12.1 Å². The number of esters is 1. The number of halogens is 2. The van der Waals surface area contributed by atoms with Crippen LogP contribution in [0.15, 0.2) is 12.1 Å². The van der Waals surface area contributed by atoms with Gasteiger partial charge in [-0.15, -0.1) is 0 Å². The molecule has 0 saturated carbocycles. The summed E-state index contributed by atoms with van der Waals surface area (Å²) in [5.41, 5.74) is 0.212. The number of hydrogen-bond acceptors (Lipinski definition) is 4. The lowest BCUT2D eigenvalue weighted by molar-refractivity contribution is -0.145. The summed E-state index contributed by atoms with van der Waals surface area (Å²) in [5, 5.41) is 9.36. The van der Waals surface area contributed by atoms with Crippen molar-refractivity contribution in [1.29, 1.82) is 5.26 Å². The van der Waals surface area contributed by atoms with Crippen molar-refractivity contribution in [3.05, 3.63) is 27.7 Å². The highest BCUT2D eigenvalue weighted by Gasteiger charge is 2.10. The van der Waals surface area contributed by atoms with Crippen LogP contribution < -0.4 is 4.74 Å². The van der Waals surface area contributed by atoms with E-state index >= 15 is 0 Å². The number of nitriles is 1. The Morgan fingerprint density at radius 3 is 2.65 bits per heavy atom. The predicted molar refractivity (Wildman–Crippen MR) is 63.3 cm³/mol. The van der Waals surface area contributed by atoms with Gasteiger partial charge < -0.3 is 9.47 Å². The molecule has 0 unspecified atom stereocenters. The van der Waals surface area contributed by atoms with Gasteiger partial charge in [0.25, 0.3) is 0 Å². The Morgan fingerprint density at radius 2 is 2.06 bits per heavy atom. The summed E-state index contributed by atoms with van der Waals surface area (Å²) in [6.07, 6.45) is 0. The van der Waals surface area contributed by atoms with Crippen LogP contribution in [0.25, 0.3) is 0 Å². The summed E-state index contributed by atoms with van der Waals surface area (Å²) in [4.78, 5) is 11.1. The molecule has 0 aliphatic heterocycles. The lowest BCUT2D eigenvalue weighted by atomic mass is 10.2. The highest BCUT2D eigenvalue weighted by Crippen LogP contribution is 2.30. The molecule has 90 valence electrons. The maximum Gasteiger partial charge on any atom is 0.344 e. The molecule has 0 heterocycles. The van der Waals surface area contributed by atoms with E-state index in [0.29, 0.717) is 0 Å². The van der Waals surface area contributed by atoms with Gasteiger partial charge in [0.05, 0.1) is 22.2 Å². The summed E-state index contributed by atoms with van der Waals surface area (Å²) < 4.78 is 9.82. The van der Waals surface area contributed by atoms with Crippen molar-refractivity contribution in [3.8, 4) is 11.8 Å². The molecule has 0 amide bonds. The topological polar surface area (TPSA) is 59.3 Å². The van der Waals surface area contributed by atoms with Gasteiger partial charge in [0.15, 0.2) is 6.61 Å². The summed E-state index contributed by atoms with van der Waals surface area (Å²) in [6, 6.07) is 4.67. The summed E-state index contributed by atoms with van der Waals surface area (Å²) in [7, 11) is 0. The Hall–Kier alpha value is -1.44. The van der Waals surface area contributed by atoms with E-state index in [9.17, 15) is 4.79 Å². The fourth-order valence-corrected chi connectivity index (χ4v) is 1.39. The number of benzene rings is 1. The third-order valence-electron chi connectivity index (χ3n) is 1.79. The van der Waals surface area contributed by atoms with Crippen LogP contribution in [0, 0.1) is 11.3 Å². The van der Waals surface area contributed by atoms with E-state index in [2.05, 4.69) is 4.74 Å². The van der Waals surface area contributed by atoms with Crippen LogP contribution in [-0.2, 0) is 9.53 Å². The van der Waals surface area contributed by atoms with Gasteiger partial charge in [-0.2, -0.15) is 5.26 Å². The minimum absolute atomic E-state index is 0.204. The summed E-state index contributed by atoms with van der Waals surface area (Å²) >= 11 is 11.5. The van der Waals surface area contributed by atoms with Gasteiger partial charge in [-0.05, 0) is 13.0 Å². The van der Waals surface area contributed by atoms with Crippen LogP contribution in [0.5, 0.6) is 5.75 Å². The summed E-state index contributed by atoms with van der Waals surface area (Å²) in [5.74, 6) is -0.308. The first kappa shape index (κ1) is 13.6. The number of carbonyl (C=O) groups excluding carboxylic acids is 1. The molecule has 6 heteroatoms. The number of rotatable bonds is 4. The van der Waals surface area contributed by atoms with Gasteiger partial charge in [-0.1, -0.05) is 23.2 Å². The second-order valence-electron chi connectivity index (χ2n) is 2.97. The molecule has 0 aliphatic carbocycles. The van der Waals surface area contributed by atoms with Crippen LogP contribution in [0.2, 0.25) is 10.0 Å². The standard InChI is InChI=1S/C11H9Cl2NO3/c1-2-16-11(15)6-17-10-4-9(13)8(12)3-7(10)5-14/h3-4H,2,6H2,1H3. The lowest BCUT2D eigenvalue weighted by Crippen LogP contribution is -2.15. The molecule has 0 aromatic heterocycles. The molecule has 0 spiro atoms. The van der Waals surface area contributed by atoms with Gasteiger partial charge >= 0.3 is 5.97 Å². The first-order valence-electron chi connectivity index (χ1n) is 4.76. The number of nitrogens with zero attached hydrogens (tertiary/aromatic N) is 1. The van der Waals surface area contributed by atoms with Crippen molar-refractivity contribution in [2.45, 2.75) is 6.92 Å². The molecule has 0 radical (unpaired) electrons. The third kappa shape index (κ3) is 3.81. The Labute approximate surface area is 109 Å². The van der Waals surface area contributed by atoms with Crippen molar-refractivity contribution in [2.75, 3.05) is 13.2 Å². The lowest BCUT2D eigenvalue weighted by Gasteiger charge is -2.08.